The third kappa shape index (κ3) is 3.95. The van der Waals surface area contributed by atoms with Gasteiger partial charge in [0.1, 0.15) is 11.1 Å². The molecule has 6 heteroatoms. The van der Waals surface area contributed by atoms with E-state index in [1.807, 2.05) is 24.3 Å². The number of nitrogens with zero attached hydrogens (tertiary/aromatic N) is 2. The van der Waals surface area contributed by atoms with E-state index in [2.05, 4.69) is 28.1 Å². The minimum Gasteiger partial charge on any atom is -0.471 e. The van der Waals surface area contributed by atoms with Crippen molar-refractivity contribution in [3.63, 3.8) is 0 Å². The fourth-order valence-corrected chi connectivity index (χ4v) is 3.99. The third-order valence-corrected chi connectivity index (χ3v) is 5.59. The molecule has 0 amide bonds. The van der Waals surface area contributed by atoms with Gasteiger partial charge in [0.25, 0.3) is 0 Å². The van der Waals surface area contributed by atoms with Gasteiger partial charge in [-0.25, -0.2) is 4.98 Å². The Labute approximate surface area is 174 Å². The van der Waals surface area contributed by atoms with Gasteiger partial charge >= 0.3 is 0 Å². The summed E-state index contributed by atoms with van der Waals surface area (Å²) >= 11 is 12.5. The molecule has 0 unspecified atom stereocenters. The Morgan fingerprint density at radius 2 is 1.89 bits per heavy atom. The first-order valence-electron chi connectivity index (χ1n) is 9.25. The van der Waals surface area contributed by atoms with Crippen LogP contribution in [0.4, 0.5) is 5.69 Å². The van der Waals surface area contributed by atoms with Gasteiger partial charge in [-0.3, -0.25) is 0 Å². The minimum atomic E-state index is 0.0428. The zero-order chi connectivity index (χ0) is 19.5. The average molecular weight is 414 g/mol. The fourth-order valence-electron chi connectivity index (χ4n) is 3.58. The zero-order valence-corrected chi connectivity index (χ0v) is 16.8. The van der Waals surface area contributed by atoms with Crippen molar-refractivity contribution < 1.29 is 4.74 Å². The van der Waals surface area contributed by atoms with Crippen LogP contribution in [0.5, 0.6) is 5.88 Å². The van der Waals surface area contributed by atoms with E-state index in [1.54, 1.807) is 18.3 Å². The Morgan fingerprint density at radius 1 is 1.07 bits per heavy atom. The molecule has 2 heterocycles. The smallest absolute Gasteiger partial charge is 0.232 e. The second-order valence-corrected chi connectivity index (χ2v) is 7.61. The lowest BCUT2D eigenvalue weighted by Gasteiger charge is -2.22. The first-order chi connectivity index (χ1) is 13.7. The summed E-state index contributed by atoms with van der Waals surface area (Å²) in [5.74, 6) is 0.490. The molecule has 4 nitrogen and oxygen atoms in total. The van der Waals surface area contributed by atoms with Crippen molar-refractivity contribution in [1.82, 2.24) is 4.98 Å². The van der Waals surface area contributed by atoms with Crippen LogP contribution in [0.2, 0.25) is 10.0 Å². The molecule has 28 heavy (non-hydrogen) atoms. The summed E-state index contributed by atoms with van der Waals surface area (Å²) in [6.07, 6.45) is 2.64. The number of halogens is 2. The molecule has 1 fully saturated rings. The van der Waals surface area contributed by atoms with Crippen LogP contribution < -0.4 is 15.4 Å². The van der Waals surface area contributed by atoms with Crippen LogP contribution in [0.15, 0.2) is 60.8 Å². The van der Waals surface area contributed by atoms with Crippen LogP contribution >= 0.6 is 23.2 Å². The van der Waals surface area contributed by atoms with Gasteiger partial charge < -0.3 is 15.4 Å². The lowest BCUT2D eigenvalue weighted by Crippen LogP contribution is -2.26. The predicted octanol–water partition coefficient (Wildman–Crippen LogP) is 5.17. The highest BCUT2D eigenvalue weighted by Gasteiger charge is 2.26. The Hall–Kier alpha value is -2.27. The first-order valence-corrected chi connectivity index (χ1v) is 10.0. The maximum Gasteiger partial charge on any atom is 0.232 e. The summed E-state index contributed by atoms with van der Waals surface area (Å²) in [5, 5.41) is 1.27. The lowest BCUT2D eigenvalue weighted by molar-refractivity contribution is 0.216. The lowest BCUT2D eigenvalue weighted by atomic mass is 10.0. The van der Waals surface area contributed by atoms with Crippen LogP contribution in [0, 0.1) is 0 Å². The number of hydrogen-bond donors (Lipinski definition) is 1. The summed E-state index contributed by atoms with van der Waals surface area (Å²) in [6.45, 7) is 2.13. The zero-order valence-electron chi connectivity index (χ0n) is 15.3. The molecular formula is C22H21Cl2N3O. The van der Waals surface area contributed by atoms with Crippen molar-refractivity contribution >= 4 is 28.9 Å². The Balaban J connectivity index is 1.53. The standard InChI is InChI=1S/C22H21Cl2N3O/c23-19-5-2-1-4-18(19)15-7-8-21(16(12-15)13-25)27-11-9-17(14-27)28-22-20(24)6-3-10-26-22/h1-8,10,12,17H,9,11,13-14,25H2/t17-/m0/s1. The molecule has 0 aliphatic carbocycles. The molecule has 4 rings (SSSR count). The van der Waals surface area contributed by atoms with Crippen LogP contribution in [0.3, 0.4) is 0 Å². The molecule has 2 N–H and O–H groups in total. The van der Waals surface area contributed by atoms with E-state index in [1.165, 1.54) is 0 Å². The molecule has 0 spiro atoms. The van der Waals surface area contributed by atoms with Gasteiger partial charge in [-0.2, -0.15) is 0 Å². The number of anilines is 1. The van der Waals surface area contributed by atoms with E-state index < -0.39 is 0 Å². The van der Waals surface area contributed by atoms with Gasteiger partial charge in [0.05, 0.1) is 6.54 Å². The topological polar surface area (TPSA) is 51.4 Å². The number of ether oxygens (including phenoxy) is 1. The van der Waals surface area contributed by atoms with Crippen molar-refractivity contribution in [2.75, 3.05) is 18.0 Å². The highest BCUT2D eigenvalue weighted by Crippen LogP contribution is 2.33. The van der Waals surface area contributed by atoms with E-state index in [-0.39, 0.29) is 6.10 Å². The summed E-state index contributed by atoms with van der Waals surface area (Å²) in [5.41, 5.74) is 10.4. The van der Waals surface area contributed by atoms with Gasteiger partial charge in [0.2, 0.25) is 5.88 Å². The molecule has 0 saturated carbocycles. The Kier molecular flexibility index (Phi) is 5.72. The quantitative estimate of drug-likeness (QED) is 0.626. The van der Waals surface area contributed by atoms with Crippen molar-refractivity contribution in [2.24, 2.45) is 5.73 Å². The number of hydrogen-bond acceptors (Lipinski definition) is 4. The van der Waals surface area contributed by atoms with E-state index in [9.17, 15) is 0 Å². The number of nitrogens with two attached hydrogens (primary N) is 1. The number of pyridine rings is 1. The highest BCUT2D eigenvalue weighted by molar-refractivity contribution is 6.33. The second kappa shape index (κ2) is 8.39. The van der Waals surface area contributed by atoms with Gasteiger partial charge in [-0.15, -0.1) is 0 Å². The monoisotopic (exact) mass is 413 g/mol. The molecule has 1 aliphatic rings. The second-order valence-electron chi connectivity index (χ2n) is 6.79. The molecule has 1 saturated heterocycles. The van der Waals surface area contributed by atoms with Crippen molar-refractivity contribution in [3.05, 3.63) is 76.4 Å². The van der Waals surface area contributed by atoms with Crippen molar-refractivity contribution in [1.29, 1.82) is 0 Å². The molecule has 144 valence electrons. The maximum atomic E-state index is 6.36. The van der Waals surface area contributed by atoms with Crippen LogP contribution in [0.25, 0.3) is 11.1 Å². The van der Waals surface area contributed by atoms with Gasteiger partial charge in [-0.1, -0.05) is 47.5 Å². The maximum absolute atomic E-state index is 6.36. The van der Waals surface area contributed by atoms with E-state index in [4.69, 9.17) is 33.7 Å². The average Bonchev–Trinajstić information content (AvgIpc) is 3.18. The summed E-state index contributed by atoms with van der Waals surface area (Å²) in [6, 6.07) is 17.8. The molecule has 1 atom stereocenters. The molecule has 2 aromatic carbocycles. The minimum absolute atomic E-state index is 0.0428. The molecule has 0 bridgehead atoms. The molecule has 0 radical (unpaired) electrons. The number of benzene rings is 2. The van der Waals surface area contributed by atoms with Crippen LogP contribution in [0.1, 0.15) is 12.0 Å². The molecule has 1 aromatic heterocycles. The number of rotatable bonds is 5. The molecule has 1 aliphatic heterocycles. The highest BCUT2D eigenvalue weighted by atomic mass is 35.5. The normalized spacial score (nSPS) is 16.4. The largest absolute Gasteiger partial charge is 0.471 e. The summed E-state index contributed by atoms with van der Waals surface area (Å²) < 4.78 is 6.01. The SMILES string of the molecule is NCc1cc(-c2ccccc2Cl)ccc1N1CC[C@H](Oc2ncccc2Cl)C1. The first kappa shape index (κ1) is 19.1. The van der Waals surface area contributed by atoms with Crippen LogP contribution in [-0.4, -0.2) is 24.2 Å². The number of aromatic nitrogens is 1. The Morgan fingerprint density at radius 3 is 2.68 bits per heavy atom. The molecular weight excluding hydrogens is 393 g/mol. The van der Waals surface area contributed by atoms with E-state index in [0.29, 0.717) is 17.4 Å². The van der Waals surface area contributed by atoms with Gasteiger partial charge in [-0.05, 0) is 41.5 Å². The van der Waals surface area contributed by atoms with Crippen molar-refractivity contribution in [3.8, 4) is 17.0 Å². The third-order valence-electron chi connectivity index (χ3n) is 4.97. The van der Waals surface area contributed by atoms with E-state index >= 15 is 0 Å². The predicted molar refractivity (Wildman–Crippen MR) is 115 cm³/mol. The van der Waals surface area contributed by atoms with Crippen LogP contribution in [-0.2, 0) is 6.54 Å². The Bertz CT molecular complexity index is 980. The fraction of sp³-hybridized carbons (Fsp3) is 0.227. The summed E-state index contributed by atoms with van der Waals surface area (Å²) in [4.78, 5) is 6.53. The van der Waals surface area contributed by atoms with Crippen molar-refractivity contribution in [2.45, 2.75) is 19.1 Å². The van der Waals surface area contributed by atoms with Gasteiger partial charge in [0, 0.05) is 42.0 Å². The van der Waals surface area contributed by atoms with Gasteiger partial charge in [0.15, 0.2) is 0 Å². The molecule has 3 aromatic rings. The van der Waals surface area contributed by atoms with E-state index in [0.717, 1.165) is 46.9 Å². The summed E-state index contributed by atoms with van der Waals surface area (Å²) in [7, 11) is 0.